The zero-order chi connectivity index (χ0) is 18.0. The van der Waals surface area contributed by atoms with Gasteiger partial charge >= 0.3 is 0 Å². The molecule has 26 heavy (non-hydrogen) atoms. The summed E-state index contributed by atoms with van der Waals surface area (Å²) in [4.78, 5) is 16.8. The van der Waals surface area contributed by atoms with Gasteiger partial charge in [0.1, 0.15) is 11.5 Å². The van der Waals surface area contributed by atoms with Crippen molar-refractivity contribution in [3.8, 4) is 5.69 Å². The highest BCUT2D eigenvalue weighted by Gasteiger charge is 2.38. The van der Waals surface area contributed by atoms with E-state index in [2.05, 4.69) is 22.4 Å². The number of carbonyl (C=O) groups is 1. The van der Waals surface area contributed by atoms with Crippen LogP contribution in [-0.4, -0.2) is 22.0 Å². The van der Waals surface area contributed by atoms with Crippen molar-refractivity contribution in [2.75, 3.05) is 6.54 Å². The summed E-state index contributed by atoms with van der Waals surface area (Å²) in [5.41, 5.74) is 2.45. The summed E-state index contributed by atoms with van der Waals surface area (Å²) in [7, 11) is 0. The lowest BCUT2D eigenvalue weighted by Crippen LogP contribution is -2.45. The van der Waals surface area contributed by atoms with Crippen LogP contribution in [0.2, 0.25) is 0 Å². The minimum Gasteiger partial charge on any atom is -0.350 e. The van der Waals surface area contributed by atoms with Crippen LogP contribution in [0.15, 0.2) is 67.1 Å². The molecule has 0 bridgehead atoms. The molecular weight excluding hydrogens is 329 g/mol. The number of imidazole rings is 1. The maximum atomic E-state index is 13.1. The smallest absolute Gasteiger partial charge is 0.269 e. The van der Waals surface area contributed by atoms with Crippen molar-refractivity contribution >= 4 is 5.91 Å². The Labute approximate surface area is 151 Å². The van der Waals surface area contributed by atoms with Crippen LogP contribution in [0.25, 0.3) is 5.69 Å². The SMILES string of the molecule is O=C(NCC1(c2ccccc2)CCC1)c1cncn1-c1ccc(F)cc1. The number of benzene rings is 2. The van der Waals surface area contributed by atoms with E-state index in [0.717, 1.165) is 12.8 Å². The number of hydrogen-bond donors (Lipinski definition) is 1. The van der Waals surface area contributed by atoms with Crippen LogP contribution in [0.4, 0.5) is 4.39 Å². The van der Waals surface area contributed by atoms with Gasteiger partial charge in [-0.25, -0.2) is 9.37 Å². The summed E-state index contributed by atoms with van der Waals surface area (Å²) in [6.07, 6.45) is 6.44. The van der Waals surface area contributed by atoms with E-state index >= 15 is 0 Å². The molecule has 2 aromatic carbocycles. The van der Waals surface area contributed by atoms with Crippen LogP contribution in [0.5, 0.6) is 0 Å². The molecule has 1 amide bonds. The van der Waals surface area contributed by atoms with E-state index in [1.54, 1.807) is 23.0 Å². The highest BCUT2D eigenvalue weighted by atomic mass is 19.1. The number of hydrogen-bond acceptors (Lipinski definition) is 2. The van der Waals surface area contributed by atoms with Crippen molar-refractivity contribution in [3.63, 3.8) is 0 Å². The summed E-state index contributed by atoms with van der Waals surface area (Å²) in [6, 6.07) is 16.4. The Hall–Kier alpha value is -2.95. The van der Waals surface area contributed by atoms with Gasteiger partial charge in [-0.2, -0.15) is 0 Å². The molecule has 5 heteroatoms. The zero-order valence-corrected chi connectivity index (χ0v) is 14.4. The van der Waals surface area contributed by atoms with Gasteiger partial charge in [0, 0.05) is 17.6 Å². The highest BCUT2D eigenvalue weighted by Crippen LogP contribution is 2.43. The average molecular weight is 349 g/mol. The molecule has 0 saturated heterocycles. The summed E-state index contributed by atoms with van der Waals surface area (Å²) in [5, 5.41) is 3.07. The number of aromatic nitrogens is 2. The predicted octanol–water partition coefficient (Wildman–Crippen LogP) is 3.86. The van der Waals surface area contributed by atoms with E-state index in [-0.39, 0.29) is 17.1 Å². The Balaban J connectivity index is 1.51. The second kappa shape index (κ2) is 6.75. The number of carbonyl (C=O) groups excluding carboxylic acids is 1. The fraction of sp³-hybridized carbons (Fsp3) is 0.238. The first-order valence-corrected chi connectivity index (χ1v) is 8.80. The van der Waals surface area contributed by atoms with Gasteiger partial charge in [-0.3, -0.25) is 9.36 Å². The fourth-order valence-electron chi connectivity index (χ4n) is 3.57. The lowest BCUT2D eigenvalue weighted by molar-refractivity contribution is 0.0921. The largest absolute Gasteiger partial charge is 0.350 e. The Morgan fingerprint density at radius 3 is 2.50 bits per heavy atom. The van der Waals surface area contributed by atoms with Crippen molar-refractivity contribution in [2.45, 2.75) is 24.7 Å². The van der Waals surface area contributed by atoms with Gasteiger partial charge in [0.15, 0.2) is 0 Å². The maximum Gasteiger partial charge on any atom is 0.269 e. The van der Waals surface area contributed by atoms with Crippen molar-refractivity contribution in [1.82, 2.24) is 14.9 Å². The van der Waals surface area contributed by atoms with Crippen LogP contribution in [0.1, 0.15) is 35.3 Å². The standard InChI is InChI=1S/C21H20FN3O/c22-17-7-9-18(10-8-17)25-15-23-13-19(25)20(26)24-14-21(11-4-12-21)16-5-2-1-3-6-16/h1-3,5-10,13,15H,4,11-12,14H2,(H,24,26). The van der Waals surface area contributed by atoms with Crippen molar-refractivity contribution < 1.29 is 9.18 Å². The lowest BCUT2D eigenvalue weighted by atomic mass is 9.64. The van der Waals surface area contributed by atoms with Gasteiger partial charge < -0.3 is 5.32 Å². The molecule has 0 unspecified atom stereocenters. The molecule has 0 atom stereocenters. The summed E-state index contributed by atoms with van der Waals surface area (Å²) < 4.78 is 14.8. The van der Waals surface area contributed by atoms with Gasteiger partial charge in [-0.15, -0.1) is 0 Å². The normalized spacial score (nSPS) is 15.3. The quantitative estimate of drug-likeness (QED) is 0.760. The second-order valence-electron chi connectivity index (χ2n) is 6.81. The average Bonchev–Trinajstić information content (AvgIpc) is 3.12. The van der Waals surface area contributed by atoms with E-state index in [1.165, 1.54) is 30.3 Å². The third kappa shape index (κ3) is 3.01. The molecule has 132 valence electrons. The maximum absolute atomic E-state index is 13.1. The molecule has 1 saturated carbocycles. The predicted molar refractivity (Wildman–Crippen MR) is 97.8 cm³/mol. The molecule has 4 rings (SSSR count). The van der Waals surface area contributed by atoms with Crippen molar-refractivity contribution in [2.24, 2.45) is 0 Å². The van der Waals surface area contributed by atoms with Crippen molar-refractivity contribution in [3.05, 3.63) is 84.2 Å². The summed E-state index contributed by atoms with van der Waals surface area (Å²) in [5.74, 6) is -0.483. The van der Waals surface area contributed by atoms with Gasteiger partial charge in [0.25, 0.3) is 5.91 Å². The van der Waals surface area contributed by atoms with Gasteiger partial charge in [0.05, 0.1) is 12.5 Å². The number of halogens is 1. The molecule has 0 radical (unpaired) electrons. The van der Waals surface area contributed by atoms with E-state index in [4.69, 9.17) is 0 Å². The van der Waals surface area contributed by atoms with E-state index < -0.39 is 0 Å². The molecule has 1 N–H and O–H groups in total. The number of nitrogens with zero attached hydrogens (tertiary/aromatic N) is 2. The Kier molecular flexibility index (Phi) is 4.29. The minimum atomic E-state index is -0.311. The van der Waals surface area contributed by atoms with Crippen LogP contribution >= 0.6 is 0 Å². The van der Waals surface area contributed by atoms with E-state index in [9.17, 15) is 9.18 Å². The second-order valence-corrected chi connectivity index (χ2v) is 6.81. The van der Waals surface area contributed by atoms with Gasteiger partial charge in [0.2, 0.25) is 0 Å². The van der Waals surface area contributed by atoms with Gasteiger partial charge in [-0.05, 0) is 42.7 Å². The third-order valence-electron chi connectivity index (χ3n) is 5.26. The molecule has 4 nitrogen and oxygen atoms in total. The minimum absolute atomic E-state index is 0.0254. The molecule has 1 aromatic heterocycles. The highest BCUT2D eigenvalue weighted by molar-refractivity contribution is 5.93. The zero-order valence-electron chi connectivity index (χ0n) is 14.4. The van der Waals surface area contributed by atoms with Gasteiger partial charge in [-0.1, -0.05) is 36.8 Å². The summed E-state index contributed by atoms with van der Waals surface area (Å²) >= 11 is 0. The molecular formula is C21H20FN3O. The van der Waals surface area contributed by atoms with E-state index in [0.29, 0.717) is 17.9 Å². The first-order valence-electron chi connectivity index (χ1n) is 8.80. The Morgan fingerprint density at radius 1 is 1.12 bits per heavy atom. The first kappa shape index (κ1) is 16.5. The first-order chi connectivity index (χ1) is 12.7. The topological polar surface area (TPSA) is 46.9 Å². The van der Waals surface area contributed by atoms with Crippen LogP contribution in [-0.2, 0) is 5.41 Å². The monoisotopic (exact) mass is 349 g/mol. The molecule has 1 heterocycles. The van der Waals surface area contributed by atoms with Crippen molar-refractivity contribution in [1.29, 1.82) is 0 Å². The Bertz CT molecular complexity index is 899. The van der Waals surface area contributed by atoms with Crippen LogP contribution in [0, 0.1) is 5.82 Å². The molecule has 1 aliphatic rings. The molecule has 1 fully saturated rings. The molecule has 0 spiro atoms. The number of nitrogens with one attached hydrogen (secondary N) is 1. The Morgan fingerprint density at radius 2 is 1.85 bits per heavy atom. The number of amides is 1. The van der Waals surface area contributed by atoms with Crippen LogP contribution < -0.4 is 5.32 Å². The fourth-order valence-corrected chi connectivity index (χ4v) is 3.57. The lowest BCUT2D eigenvalue weighted by Gasteiger charge is -2.42. The van der Waals surface area contributed by atoms with Crippen LogP contribution in [0.3, 0.4) is 0 Å². The molecule has 1 aliphatic carbocycles. The third-order valence-corrected chi connectivity index (χ3v) is 5.26. The molecule has 3 aromatic rings. The number of rotatable bonds is 5. The molecule has 0 aliphatic heterocycles. The summed E-state index contributed by atoms with van der Waals surface area (Å²) in [6.45, 7) is 0.602. The van der Waals surface area contributed by atoms with E-state index in [1.807, 2.05) is 18.2 Å².